The molecule has 0 saturated carbocycles. The maximum absolute atomic E-state index is 11.9. The third kappa shape index (κ3) is 3.77. The summed E-state index contributed by atoms with van der Waals surface area (Å²) in [7, 11) is 2.05. The molecule has 1 N–H and O–H groups in total. The molecule has 1 saturated heterocycles. The summed E-state index contributed by atoms with van der Waals surface area (Å²) >= 11 is 0. The van der Waals surface area contributed by atoms with Crippen LogP contribution in [0.2, 0.25) is 0 Å². The van der Waals surface area contributed by atoms with E-state index >= 15 is 0 Å². The van der Waals surface area contributed by atoms with Crippen molar-refractivity contribution >= 4 is 16.9 Å². The number of aryl methyl sites for hydroxylation is 2. The molecule has 0 aromatic carbocycles. The predicted molar refractivity (Wildman–Crippen MR) is 109 cm³/mol. The van der Waals surface area contributed by atoms with E-state index in [1.807, 2.05) is 7.05 Å². The molecule has 1 fully saturated rings. The number of piperidine rings is 1. The lowest BCUT2D eigenvalue weighted by Gasteiger charge is -2.35. The van der Waals surface area contributed by atoms with Crippen molar-refractivity contribution in [3.63, 3.8) is 0 Å². The van der Waals surface area contributed by atoms with Gasteiger partial charge in [-0.25, -0.2) is 14.6 Å². The molecule has 3 aromatic rings. The molecule has 0 spiro atoms. The summed E-state index contributed by atoms with van der Waals surface area (Å²) in [6.45, 7) is 5.40. The molecule has 0 amide bonds. The van der Waals surface area contributed by atoms with Gasteiger partial charge in [-0.05, 0) is 38.4 Å². The van der Waals surface area contributed by atoms with Crippen LogP contribution in [0, 0.1) is 6.92 Å². The minimum atomic E-state index is -0.0448. The zero-order valence-corrected chi connectivity index (χ0v) is 16.5. The van der Waals surface area contributed by atoms with E-state index < -0.39 is 0 Å². The second-order valence-corrected chi connectivity index (χ2v) is 7.45. The van der Waals surface area contributed by atoms with E-state index in [4.69, 9.17) is 0 Å². The van der Waals surface area contributed by atoms with Gasteiger partial charge in [-0.15, -0.1) is 0 Å². The fraction of sp³-hybridized carbons (Fsp3) is 0.500. The van der Waals surface area contributed by atoms with Crippen molar-refractivity contribution in [1.82, 2.24) is 29.2 Å². The van der Waals surface area contributed by atoms with Gasteiger partial charge >= 0.3 is 0 Å². The van der Waals surface area contributed by atoms with Crippen molar-refractivity contribution in [1.29, 1.82) is 0 Å². The van der Waals surface area contributed by atoms with Gasteiger partial charge in [0.2, 0.25) is 0 Å². The number of fused-ring (bicyclic) bond motifs is 1. The third-order valence-electron chi connectivity index (χ3n) is 5.70. The Morgan fingerprint density at radius 3 is 3.00 bits per heavy atom. The zero-order chi connectivity index (χ0) is 19.5. The monoisotopic (exact) mass is 381 g/mol. The number of likely N-dealkylation sites (tertiary alicyclic amines) is 1. The molecule has 3 aromatic heterocycles. The fourth-order valence-corrected chi connectivity index (χ4v) is 4.01. The standard InChI is InChI=1S/C20H27N7O/c1-15-12-17-19(25(15)2)20(23-14-22-17)21-13-16-6-3-4-9-26(16)10-11-27-18(28)7-5-8-24-27/h5,7-8,12,14,16H,3-4,6,9-11,13H2,1-2H3,(H,21,22,23). The van der Waals surface area contributed by atoms with Crippen LogP contribution in [0.4, 0.5) is 5.82 Å². The van der Waals surface area contributed by atoms with Gasteiger partial charge in [0.25, 0.3) is 5.56 Å². The lowest BCUT2D eigenvalue weighted by atomic mass is 10.0. The van der Waals surface area contributed by atoms with Crippen LogP contribution < -0.4 is 10.9 Å². The highest BCUT2D eigenvalue weighted by Crippen LogP contribution is 2.23. The summed E-state index contributed by atoms with van der Waals surface area (Å²) in [6, 6.07) is 5.74. The predicted octanol–water partition coefficient (Wildman–Crippen LogP) is 1.80. The van der Waals surface area contributed by atoms with E-state index in [2.05, 4.69) is 42.8 Å². The molecular formula is C20H27N7O. The van der Waals surface area contributed by atoms with Gasteiger partial charge < -0.3 is 9.88 Å². The highest BCUT2D eigenvalue weighted by atomic mass is 16.1. The Hall–Kier alpha value is -2.74. The van der Waals surface area contributed by atoms with Gasteiger partial charge in [-0.1, -0.05) is 6.42 Å². The Bertz CT molecular complexity index is 1010. The first kappa shape index (κ1) is 18.6. The average molecular weight is 381 g/mol. The number of anilines is 1. The Morgan fingerprint density at radius 2 is 2.14 bits per heavy atom. The largest absolute Gasteiger partial charge is 0.367 e. The Labute approximate surface area is 164 Å². The van der Waals surface area contributed by atoms with Crippen LogP contribution in [-0.4, -0.2) is 54.9 Å². The summed E-state index contributed by atoms with van der Waals surface area (Å²) in [4.78, 5) is 23.2. The number of nitrogens with zero attached hydrogens (tertiary/aromatic N) is 6. The molecule has 0 aliphatic carbocycles. The summed E-state index contributed by atoms with van der Waals surface area (Å²) < 4.78 is 3.67. The zero-order valence-electron chi connectivity index (χ0n) is 16.5. The maximum atomic E-state index is 11.9. The van der Waals surface area contributed by atoms with E-state index in [0.717, 1.165) is 42.9 Å². The highest BCUT2D eigenvalue weighted by molar-refractivity contribution is 5.87. The van der Waals surface area contributed by atoms with Crippen molar-refractivity contribution in [2.24, 2.45) is 7.05 Å². The van der Waals surface area contributed by atoms with Crippen LogP contribution in [0.5, 0.6) is 0 Å². The molecule has 8 nitrogen and oxygen atoms in total. The first-order valence-electron chi connectivity index (χ1n) is 9.90. The Morgan fingerprint density at radius 1 is 1.25 bits per heavy atom. The number of hydrogen-bond donors (Lipinski definition) is 1. The molecule has 28 heavy (non-hydrogen) atoms. The van der Waals surface area contributed by atoms with Gasteiger partial charge in [0.1, 0.15) is 11.8 Å². The summed E-state index contributed by atoms with van der Waals surface area (Å²) in [5.41, 5.74) is 3.13. The van der Waals surface area contributed by atoms with E-state index in [9.17, 15) is 4.79 Å². The lowest BCUT2D eigenvalue weighted by Crippen LogP contribution is -2.45. The van der Waals surface area contributed by atoms with Crippen molar-refractivity contribution in [3.05, 3.63) is 46.8 Å². The minimum absolute atomic E-state index is 0.0448. The van der Waals surface area contributed by atoms with Crippen LogP contribution in [0.1, 0.15) is 25.0 Å². The van der Waals surface area contributed by atoms with Crippen LogP contribution in [0.3, 0.4) is 0 Å². The van der Waals surface area contributed by atoms with Crippen molar-refractivity contribution in [3.8, 4) is 0 Å². The average Bonchev–Trinajstić information content (AvgIpc) is 3.01. The highest BCUT2D eigenvalue weighted by Gasteiger charge is 2.23. The van der Waals surface area contributed by atoms with Gasteiger partial charge in [-0.3, -0.25) is 9.69 Å². The summed E-state index contributed by atoms with van der Waals surface area (Å²) in [6.07, 6.45) is 6.86. The van der Waals surface area contributed by atoms with Crippen LogP contribution >= 0.6 is 0 Å². The fourth-order valence-electron chi connectivity index (χ4n) is 4.01. The molecule has 0 radical (unpaired) electrons. The third-order valence-corrected chi connectivity index (χ3v) is 5.70. The first-order valence-corrected chi connectivity index (χ1v) is 9.90. The number of rotatable bonds is 6. The van der Waals surface area contributed by atoms with Crippen LogP contribution in [0.15, 0.2) is 35.5 Å². The second kappa shape index (κ2) is 8.10. The van der Waals surface area contributed by atoms with E-state index in [0.29, 0.717) is 12.6 Å². The Balaban J connectivity index is 1.44. The number of aromatic nitrogens is 5. The molecule has 8 heteroatoms. The minimum Gasteiger partial charge on any atom is -0.367 e. The van der Waals surface area contributed by atoms with E-state index in [-0.39, 0.29) is 5.56 Å². The number of hydrogen-bond acceptors (Lipinski definition) is 6. The van der Waals surface area contributed by atoms with Crippen LogP contribution in [-0.2, 0) is 13.6 Å². The molecule has 1 atom stereocenters. The summed E-state index contributed by atoms with van der Waals surface area (Å²) in [5.74, 6) is 0.882. The van der Waals surface area contributed by atoms with Gasteiger partial charge in [0.15, 0.2) is 5.82 Å². The lowest BCUT2D eigenvalue weighted by molar-refractivity contribution is 0.148. The van der Waals surface area contributed by atoms with Gasteiger partial charge in [-0.2, -0.15) is 5.10 Å². The van der Waals surface area contributed by atoms with E-state index in [1.54, 1.807) is 29.3 Å². The van der Waals surface area contributed by atoms with E-state index in [1.165, 1.54) is 18.5 Å². The Kier molecular flexibility index (Phi) is 5.38. The second-order valence-electron chi connectivity index (χ2n) is 7.45. The van der Waals surface area contributed by atoms with Crippen molar-refractivity contribution in [2.75, 3.05) is 25.0 Å². The van der Waals surface area contributed by atoms with Crippen LogP contribution in [0.25, 0.3) is 11.0 Å². The van der Waals surface area contributed by atoms with Gasteiger partial charge in [0.05, 0.1) is 12.1 Å². The molecule has 4 heterocycles. The number of nitrogens with one attached hydrogen (secondary N) is 1. The molecule has 1 unspecified atom stereocenters. The maximum Gasteiger partial charge on any atom is 0.266 e. The molecule has 0 bridgehead atoms. The van der Waals surface area contributed by atoms with Crippen molar-refractivity contribution < 1.29 is 0 Å². The molecule has 148 valence electrons. The smallest absolute Gasteiger partial charge is 0.266 e. The SMILES string of the molecule is Cc1cc2ncnc(NCC3CCCCN3CCn3ncccc3=O)c2n1C. The van der Waals surface area contributed by atoms with Gasteiger partial charge in [0, 0.05) is 44.1 Å². The molecule has 1 aliphatic heterocycles. The molecular weight excluding hydrogens is 354 g/mol. The van der Waals surface area contributed by atoms with Crippen molar-refractivity contribution in [2.45, 2.75) is 38.8 Å². The normalized spacial score (nSPS) is 17.9. The molecule has 1 aliphatic rings. The quantitative estimate of drug-likeness (QED) is 0.701. The summed E-state index contributed by atoms with van der Waals surface area (Å²) in [5, 5.41) is 7.72. The topological polar surface area (TPSA) is 80.9 Å². The first-order chi connectivity index (χ1) is 13.6. The molecule has 4 rings (SSSR count).